The van der Waals surface area contributed by atoms with E-state index in [9.17, 15) is 9.18 Å². The molecule has 1 aliphatic rings. The second-order valence-corrected chi connectivity index (χ2v) is 6.95. The number of rotatable bonds is 5. The van der Waals surface area contributed by atoms with Gasteiger partial charge in [-0.25, -0.2) is 4.39 Å². The van der Waals surface area contributed by atoms with E-state index in [4.69, 9.17) is 4.74 Å². The molecule has 3 nitrogen and oxygen atoms in total. The highest BCUT2D eigenvalue weighted by Crippen LogP contribution is 2.34. The Morgan fingerprint density at radius 2 is 2.00 bits per heavy atom. The van der Waals surface area contributed by atoms with Gasteiger partial charge in [-0.15, -0.1) is 11.3 Å². The Morgan fingerprint density at radius 1 is 1.25 bits per heavy atom. The topological polar surface area (TPSA) is 38.3 Å². The summed E-state index contributed by atoms with van der Waals surface area (Å²) in [6.07, 6.45) is 5.00. The summed E-state index contributed by atoms with van der Waals surface area (Å²) in [5, 5.41) is 4.97. The molecule has 0 unspecified atom stereocenters. The molecule has 0 bridgehead atoms. The zero-order valence-electron chi connectivity index (χ0n) is 13.3. The van der Waals surface area contributed by atoms with Crippen LogP contribution in [0, 0.1) is 5.82 Å². The lowest BCUT2D eigenvalue weighted by atomic mass is 9.74. The second-order valence-electron chi connectivity index (χ2n) is 5.97. The van der Waals surface area contributed by atoms with E-state index in [2.05, 4.69) is 5.32 Å². The van der Waals surface area contributed by atoms with E-state index in [0.29, 0.717) is 19.8 Å². The molecule has 0 atom stereocenters. The van der Waals surface area contributed by atoms with E-state index in [1.54, 1.807) is 17.4 Å². The van der Waals surface area contributed by atoms with Gasteiger partial charge in [0.25, 0.3) is 0 Å². The van der Waals surface area contributed by atoms with Gasteiger partial charge in [0.15, 0.2) is 0 Å². The number of carbonyl (C=O) groups excluding carboxylic acids is 1. The van der Waals surface area contributed by atoms with Crippen molar-refractivity contribution in [1.82, 2.24) is 5.32 Å². The van der Waals surface area contributed by atoms with Crippen LogP contribution in [-0.4, -0.2) is 25.7 Å². The minimum absolute atomic E-state index is 0.114. The van der Waals surface area contributed by atoms with Crippen molar-refractivity contribution in [3.8, 4) is 0 Å². The van der Waals surface area contributed by atoms with Crippen LogP contribution in [0.2, 0.25) is 0 Å². The van der Waals surface area contributed by atoms with Gasteiger partial charge in [0.05, 0.1) is 0 Å². The summed E-state index contributed by atoms with van der Waals surface area (Å²) in [4.78, 5) is 13.2. The fraction of sp³-hybridized carbons (Fsp3) is 0.316. The molecule has 1 saturated heterocycles. The Balaban J connectivity index is 1.68. The summed E-state index contributed by atoms with van der Waals surface area (Å²) in [5.41, 5.74) is 0.855. The van der Waals surface area contributed by atoms with Gasteiger partial charge in [-0.3, -0.25) is 4.79 Å². The van der Waals surface area contributed by atoms with Crippen LogP contribution in [0.5, 0.6) is 0 Å². The van der Waals surface area contributed by atoms with Crippen molar-refractivity contribution in [1.29, 1.82) is 0 Å². The number of benzene rings is 1. The van der Waals surface area contributed by atoms with Gasteiger partial charge < -0.3 is 10.1 Å². The van der Waals surface area contributed by atoms with Gasteiger partial charge in [0, 0.05) is 36.1 Å². The highest BCUT2D eigenvalue weighted by atomic mass is 32.1. The Kier molecular flexibility index (Phi) is 5.43. The number of ether oxygens (including phenoxy) is 1. The minimum Gasteiger partial charge on any atom is -0.381 e. The highest BCUT2D eigenvalue weighted by molar-refractivity contribution is 7.10. The van der Waals surface area contributed by atoms with Crippen LogP contribution >= 0.6 is 11.3 Å². The van der Waals surface area contributed by atoms with Crippen LogP contribution in [-0.2, 0) is 14.9 Å². The predicted octanol–water partition coefficient (Wildman–Crippen LogP) is 3.77. The lowest BCUT2D eigenvalue weighted by molar-refractivity contribution is -0.116. The van der Waals surface area contributed by atoms with Crippen molar-refractivity contribution in [3.05, 3.63) is 64.1 Å². The van der Waals surface area contributed by atoms with Gasteiger partial charge >= 0.3 is 0 Å². The van der Waals surface area contributed by atoms with E-state index < -0.39 is 0 Å². The SMILES string of the molecule is O=C(C=Cc1cccs1)NCC1(c2ccc(F)cc2)CCOCC1. The molecule has 0 aliphatic carbocycles. The fourth-order valence-corrected chi connectivity index (χ4v) is 3.61. The standard InChI is InChI=1S/C19H20FNO2S/c20-16-5-3-15(4-6-16)19(9-11-23-12-10-19)14-21-18(22)8-7-17-2-1-13-24-17/h1-8,13H,9-12,14H2,(H,21,22). The fourth-order valence-electron chi connectivity index (χ4n) is 2.99. The van der Waals surface area contributed by atoms with Crippen molar-refractivity contribution in [2.75, 3.05) is 19.8 Å². The van der Waals surface area contributed by atoms with Crippen molar-refractivity contribution in [2.24, 2.45) is 0 Å². The van der Waals surface area contributed by atoms with Crippen LogP contribution in [0.1, 0.15) is 23.3 Å². The summed E-state index contributed by atoms with van der Waals surface area (Å²) in [7, 11) is 0. The molecule has 1 aromatic heterocycles. The average molecular weight is 345 g/mol. The second kappa shape index (κ2) is 7.73. The third kappa shape index (κ3) is 4.10. The lowest BCUT2D eigenvalue weighted by Crippen LogP contribution is -2.44. The van der Waals surface area contributed by atoms with Crippen LogP contribution in [0.15, 0.2) is 47.9 Å². The van der Waals surface area contributed by atoms with Crippen molar-refractivity contribution >= 4 is 23.3 Å². The van der Waals surface area contributed by atoms with E-state index in [0.717, 1.165) is 23.3 Å². The molecular weight excluding hydrogens is 325 g/mol. The summed E-state index contributed by atoms with van der Waals surface area (Å²) in [6, 6.07) is 10.5. The van der Waals surface area contributed by atoms with Crippen molar-refractivity contribution in [3.63, 3.8) is 0 Å². The zero-order chi connectivity index (χ0) is 16.8. The third-order valence-corrected chi connectivity index (χ3v) is 5.29. The van der Waals surface area contributed by atoms with Crippen LogP contribution in [0.25, 0.3) is 6.08 Å². The van der Waals surface area contributed by atoms with Crippen molar-refractivity contribution < 1.29 is 13.9 Å². The van der Waals surface area contributed by atoms with E-state index in [1.807, 2.05) is 35.7 Å². The van der Waals surface area contributed by atoms with Crippen molar-refractivity contribution in [2.45, 2.75) is 18.3 Å². The molecule has 1 aliphatic heterocycles. The molecular formula is C19H20FNO2S. The number of halogens is 1. The monoisotopic (exact) mass is 345 g/mol. The van der Waals surface area contributed by atoms with Crippen LogP contribution in [0.4, 0.5) is 4.39 Å². The van der Waals surface area contributed by atoms with Gasteiger partial charge in [-0.1, -0.05) is 18.2 Å². The first-order chi connectivity index (χ1) is 11.7. The number of amides is 1. The Labute approximate surface area is 145 Å². The molecule has 126 valence electrons. The van der Waals surface area contributed by atoms with Gasteiger partial charge in [-0.05, 0) is 48.1 Å². The molecule has 5 heteroatoms. The van der Waals surface area contributed by atoms with Crippen LogP contribution < -0.4 is 5.32 Å². The molecule has 1 N–H and O–H groups in total. The number of carbonyl (C=O) groups is 1. The molecule has 2 heterocycles. The van der Waals surface area contributed by atoms with Gasteiger partial charge in [0.1, 0.15) is 5.82 Å². The van der Waals surface area contributed by atoms with Crippen LogP contribution in [0.3, 0.4) is 0 Å². The summed E-state index contributed by atoms with van der Waals surface area (Å²) < 4.78 is 18.7. The smallest absolute Gasteiger partial charge is 0.244 e. The number of hydrogen-bond acceptors (Lipinski definition) is 3. The maximum absolute atomic E-state index is 13.2. The Hall–Kier alpha value is -1.98. The van der Waals surface area contributed by atoms with Gasteiger partial charge in [-0.2, -0.15) is 0 Å². The first kappa shape index (κ1) is 16.9. The molecule has 0 saturated carbocycles. The molecule has 24 heavy (non-hydrogen) atoms. The predicted molar refractivity (Wildman–Crippen MR) is 94.5 cm³/mol. The first-order valence-corrected chi connectivity index (χ1v) is 8.89. The van der Waals surface area contributed by atoms with Gasteiger partial charge in [0.2, 0.25) is 5.91 Å². The first-order valence-electron chi connectivity index (χ1n) is 8.01. The maximum atomic E-state index is 13.2. The molecule has 1 fully saturated rings. The molecule has 1 amide bonds. The average Bonchev–Trinajstić information content (AvgIpc) is 3.13. The summed E-state index contributed by atoms with van der Waals surface area (Å²) >= 11 is 1.59. The summed E-state index contributed by atoms with van der Waals surface area (Å²) in [6.45, 7) is 1.83. The molecule has 0 spiro atoms. The maximum Gasteiger partial charge on any atom is 0.244 e. The molecule has 0 radical (unpaired) electrons. The highest BCUT2D eigenvalue weighted by Gasteiger charge is 2.34. The lowest BCUT2D eigenvalue weighted by Gasteiger charge is -2.37. The number of thiophene rings is 1. The summed E-state index contributed by atoms with van der Waals surface area (Å²) in [5.74, 6) is -0.361. The Morgan fingerprint density at radius 3 is 2.67 bits per heavy atom. The molecule has 2 aromatic rings. The number of nitrogens with one attached hydrogen (secondary N) is 1. The third-order valence-electron chi connectivity index (χ3n) is 4.45. The molecule has 3 rings (SSSR count). The zero-order valence-corrected chi connectivity index (χ0v) is 14.2. The largest absolute Gasteiger partial charge is 0.381 e. The van der Waals surface area contributed by atoms with E-state index in [-0.39, 0.29) is 17.1 Å². The molecule has 1 aromatic carbocycles. The van der Waals surface area contributed by atoms with E-state index in [1.165, 1.54) is 12.1 Å². The van der Waals surface area contributed by atoms with E-state index >= 15 is 0 Å². The number of hydrogen-bond donors (Lipinski definition) is 1. The minimum atomic E-state index is -0.246. The quantitative estimate of drug-likeness (QED) is 0.838. The Bertz CT molecular complexity index is 689. The normalized spacial score (nSPS) is 17.0.